The lowest BCUT2D eigenvalue weighted by molar-refractivity contribution is -0.122. The van der Waals surface area contributed by atoms with Gasteiger partial charge in [-0.1, -0.05) is 18.2 Å². The standard InChI is InChI=1S/C20H28N4O3.2ClH/c21-18(7-13-9-22-19-4-2-1-3-17(13)19)20(26)23-14-8-15-12-27-16(5-6-25)11-24(15)10-14;;/h1-4,9,14-16,18,22,25H,5-8,10-12,21H2,(H,23,26);2*1H/t14-,15+,16+,18-;;/m1../s1. The molecule has 7 nitrogen and oxygen atoms in total. The third-order valence-electron chi connectivity index (χ3n) is 5.74. The van der Waals surface area contributed by atoms with E-state index in [1.165, 1.54) is 0 Å². The molecule has 5 N–H and O–H groups in total. The number of aromatic nitrogens is 1. The van der Waals surface area contributed by atoms with Crippen molar-refractivity contribution >= 4 is 41.6 Å². The molecule has 0 unspecified atom stereocenters. The van der Waals surface area contributed by atoms with E-state index in [0.29, 0.717) is 25.5 Å². The number of H-pyrrole nitrogens is 1. The molecule has 2 aliphatic heterocycles. The van der Waals surface area contributed by atoms with Crippen molar-refractivity contribution in [1.29, 1.82) is 0 Å². The third kappa shape index (κ3) is 5.42. The number of aliphatic hydroxyl groups excluding tert-OH is 1. The van der Waals surface area contributed by atoms with Crippen LogP contribution in [0.2, 0.25) is 0 Å². The Labute approximate surface area is 183 Å². The Hall–Kier alpha value is -1.35. The van der Waals surface area contributed by atoms with Gasteiger partial charge in [0.25, 0.3) is 0 Å². The highest BCUT2D eigenvalue weighted by atomic mass is 35.5. The second-order valence-electron chi connectivity index (χ2n) is 7.69. The van der Waals surface area contributed by atoms with E-state index in [0.717, 1.165) is 36.0 Å². The Kier molecular flexibility index (Phi) is 8.75. The van der Waals surface area contributed by atoms with Gasteiger partial charge in [0.05, 0.1) is 18.8 Å². The second kappa shape index (κ2) is 10.6. The van der Waals surface area contributed by atoms with Gasteiger partial charge in [-0.3, -0.25) is 9.69 Å². The van der Waals surface area contributed by atoms with Crippen LogP contribution < -0.4 is 11.1 Å². The van der Waals surface area contributed by atoms with Gasteiger partial charge >= 0.3 is 0 Å². The fraction of sp³-hybridized carbons (Fsp3) is 0.550. The number of fused-ring (bicyclic) bond motifs is 2. The quantitative estimate of drug-likeness (QED) is 0.536. The van der Waals surface area contributed by atoms with E-state index in [1.807, 2.05) is 30.5 Å². The maximum atomic E-state index is 12.6. The number of morpholine rings is 1. The molecule has 4 atom stereocenters. The van der Waals surface area contributed by atoms with Gasteiger partial charge in [0.1, 0.15) is 0 Å². The number of rotatable bonds is 6. The molecule has 0 spiro atoms. The number of carbonyl (C=O) groups excluding carboxylic acids is 1. The molecule has 1 aromatic carbocycles. The van der Waals surface area contributed by atoms with E-state index in [4.69, 9.17) is 15.6 Å². The van der Waals surface area contributed by atoms with Crippen LogP contribution in [0, 0.1) is 0 Å². The average molecular weight is 445 g/mol. The Morgan fingerprint density at radius 1 is 1.34 bits per heavy atom. The lowest BCUT2D eigenvalue weighted by atomic mass is 10.0. The van der Waals surface area contributed by atoms with Crippen molar-refractivity contribution in [3.05, 3.63) is 36.0 Å². The van der Waals surface area contributed by atoms with Crippen molar-refractivity contribution in [2.45, 2.75) is 43.5 Å². The Balaban J connectivity index is 0.00000150. The van der Waals surface area contributed by atoms with Crippen LogP contribution in [0.15, 0.2) is 30.5 Å². The summed E-state index contributed by atoms with van der Waals surface area (Å²) in [5.41, 5.74) is 8.32. The first-order chi connectivity index (χ1) is 13.1. The molecule has 9 heteroatoms. The number of halogens is 2. The molecule has 1 amide bonds. The number of hydrogen-bond donors (Lipinski definition) is 4. The minimum atomic E-state index is -0.569. The summed E-state index contributed by atoms with van der Waals surface area (Å²) in [5.74, 6) is -0.0991. The summed E-state index contributed by atoms with van der Waals surface area (Å²) in [6.45, 7) is 2.45. The van der Waals surface area contributed by atoms with Gasteiger partial charge in [-0.2, -0.15) is 0 Å². The van der Waals surface area contributed by atoms with Crippen molar-refractivity contribution in [3.63, 3.8) is 0 Å². The SMILES string of the molecule is Cl.Cl.N[C@H](Cc1c[nH]c2ccccc12)C(=O)N[C@@H]1C[C@H]2CO[C@@H](CCO)CN2C1. The minimum absolute atomic E-state index is 0. The molecule has 1 aromatic heterocycles. The van der Waals surface area contributed by atoms with E-state index in [-0.39, 0.29) is 49.5 Å². The lowest BCUT2D eigenvalue weighted by Gasteiger charge is -2.34. The predicted octanol–water partition coefficient (Wildman–Crippen LogP) is 1.22. The summed E-state index contributed by atoms with van der Waals surface area (Å²) in [5, 5.41) is 13.3. The molecule has 2 aromatic rings. The van der Waals surface area contributed by atoms with Crippen LogP contribution >= 0.6 is 24.8 Å². The summed E-state index contributed by atoms with van der Waals surface area (Å²) in [7, 11) is 0. The van der Waals surface area contributed by atoms with Crippen LogP contribution in [0.1, 0.15) is 18.4 Å². The number of hydrogen-bond acceptors (Lipinski definition) is 5. The first-order valence-electron chi connectivity index (χ1n) is 9.71. The maximum absolute atomic E-state index is 12.6. The fourth-order valence-electron chi connectivity index (χ4n) is 4.30. The van der Waals surface area contributed by atoms with Crippen LogP contribution in [0.25, 0.3) is 10.9 Å². The lowest BCUT2D eigenvalue weighted by Crippen LogP contribution is -2.48. The smallest absolute Gasteiger partial charge is 0.237 e. The zero-order valence-electron chi connectivity index (χ0n) is 16.3. The van der Waals surface area contributed by atoms with Gasteiger partial charge in [0.15, 0.2) is 0 Å². The van der Waals surface area contributed by atoms with Gasteiger partial charge in [-0.25, -0.2) is 0 Å². The zero-order valence-corrected chi connectivity index (χ0v) is 17.9. The van der Waals surface area contributed by atoms with Crippen molar-refractivity contribution in [1.82, 2.24) is 15.2 Å². The number of carbonyl (C=O) groups is 1. The molecule has 2 aliphatic rings. The maximum Gasteiger partial charge on any atom is 0.237 e. The molecule has 0 aliphatic carbocycles. The van der Waals surface area contributed by atoms with Crippen LogP contribution in [-0.4, -0.2) is 71.4 Å². The summed E-state index contributed by atoms with van der Waals surface area (Å²) in [6, 6.07) is 7.92. The first kappa shape index (κ1) is 23.9. The molecule has 0 saturated carbocycles. The molecule has 0 bridgehead atoms. The monoisotopic (exact) mass is 444 g/mol. The van der Waals surface area contributed by atoms with Gasteiger partial charge < -0.3 is 25.9 Å². The molecular formula is C20H30Cl2N4O3. The Morgan fingerprint density at radius 3 is 2.93 bits per heavy atom. The number of ether oxygens (including phenoxy) is 1. The van der Waals surface area contributed by atoms with Crippen molar-refractivity contribution in [2.24, 2.45) is 5.73 Å². The molecule has 3 heterocycles. The molecule has 4 rings (SSSR count). The number of benzene rings is 1. The number of aliphatic hydroxyl groups is 1. The highest BCUT2D eigenvalue weighted by Crippen LogP contribution is 2.24. The number of aromatic amines is 1. The topological polar surface area (TPSA) is 104 Å². The summed E-state index contributed by atoms with van der Waals surface area (Å²) in [6.07, 6.45) is 4.08. The average Bonchev–Trinajstić information content (AvgIpc) is 3.25. The van der Waals surface area contributed by atoms with E-state index in [1.54, 1.807) is 0 Å². The summed E-state index contributed by atoms with van der Waals surface area (Å²) >= 11 is 0. The summed E-state index contributed by atoms with van der Waals surface area (Å²) in [4.78, 5) is 18.2. The van der Waals surface area contributed by atoms with E-state index >= 15 is 0 Å². The minimum Gasteiger partial charge on any atom is -0.396 e. The van der Waals surface area contributed by atoms with Crippen LogP contribution in [0.4, 0.5) is 0 Å². The predicted molar refractivity (Wildman–Crippen MR) is 118 cm³/mol. The first-order valence-corrected chi connectivity index (χ1v) is 9.71. The third-order valence-corrected chi connectivity index (χ3v) is 5.74. The van der Waals surface area contributed by atoms with Gasteiger partial charge in [0, 0.05) is 48.9 Å². The largest absolute Gasteiger partial charge is 0.396 e. The highest BCUT2D eigenvalue weighted by Gasteiger charge is 2.38. The molecular weight excluding hydrogens is 415 g/mol. The molecule has 0 radical (unpaired) electrons. The molecule has 29 heavy (non-hydrogen) atoms. The number of nitrogens with zero attached hydrogens (tertiary/aromatic N) is 1. The van der Waals surface area contributed by atoms with Gasteiger partial charge in [-0.15, -0.1) is 24.8 Å². The second-order valence-corrected chi connectivity index (χ2v) is 7.69. The molecule has 162 valence electrons. The van der Waals surface area contributed by atoms with Gasteiger partial charge in [0.2, 0.25) is 5.91 Å². The van der Waals surface area contributed by atoms with Gasteiger partial charge in [-0.05, 0) is 30.9 Å². The van der Waals surface area contributed by atoms with Crippen molar-refractivity contribution in [2.75, 3.05) is 26.3 Å². The van der Waals surface area contributed by atoms with Crippen molar-refractivity contribution in [3.8, 4) is 0 Å². The number of para-hydroxylation sites is 1. The van der Waals surface area contributed by atoms with Crippen LogP contribution in [0.5, 0.6) is 0 Å². The molecule has 2 saturated heterocycles. The van der Waals surface area contributed by atoms with E-state index in [9.17, 15) is 4.79 Å². The van der Waals surface area contributed by atoms with Crippen LogP contribution in [0.3, 0.4) is 0 Å². The zero-order chi connectivity index (χ0) is 18.8. The Morgan fingerprint density at radius 2 is 2.14 bits per heavy atom. The normalized spacial score (nSPS) is 25.0. The Bertz CT molecular complexity index is 803. The number of amides is 1. The molecule has 2 fully saturated rings. The summed E-state index contributed by atoms with van der Waals surface area (Å²) < 4.78 is 5.80. The highest BCUT2D eigenvalue weighted by molar-refractivity contribution is 5.86. The van der Waals surface area contributed by atoms with E-state index in [2.05, 4.69) is 15.2 Å². The number of nitrogens with two attached hydrogens (primary N) is 1. The number of nitrogens with one attached hydrogen (secondary N) is 2. The fourth-order valence-corrected chi connectivity index (χ4v) is 4.30. The van der Waals surface area contributed by atoms with Crippen molar-refractivity contribution < 1.29 is 14.6 Å². The van der Waals surface area contributed by atoms with E-state index < -0.39 is 6.04 Å². The van der Waals surface area contributed by atoms with Crippen LogP contribution in [-0.2, 0) is 16.0 Å².